The molecule has 0 fully saturated rings. The van der Waals surface area contributed by atoms with Crippen LogP contribution in [0.5, 0.6) is 5.75 Å². The topological polar surface area (TPSA) is 75.6 Å². The van der Waals surface area contributed by atoms with Crippen molar-refractivity contribution in [2.45, 2.75) is 17.9 Å². The average Bonchev–Trinajstić information content (AvgIpc) is 2.29. The summed E-state index contributed by atoms with van der Waals surface area (Å²) in [6.45, 7) is 1.35. The van der Waals surface area contributed by atoms with Gasteiger partial charge >= 0.3 is 0 Å². The molecule has 1 rings (SSSR count). The average molecular weight is 314 g/mol. The van der Waals surface area contributed by atoms with Gasteiger partial charge in [-0.05, 0) is 13.0 Å². The van der Waals surface area contributed by atoms with Gasteiger partial charge < -0.3 is 9.84 Å². The lowest BCUT2D eigenvalue weighted by molar-refractivity contribution is 0.198. The minimum Gasteiger partial charge on any atom is -0.495 e. The van der Waals surface area contributed by atoms with E-state index in [-0.39, 0.29) is 27.2 Å². The summed E-state index contributed by atoms with van der Waals surface area (Å²) in [6.07, 6.45) is -0.799. The van der Waals surface area contributed by atoms with Crippen LogP contribution in [0.3, 0.4) is 0 Å². The molecule has 0 saturated heterocycles. The second kappa shape index (κ2) is 6.08. The Balaban J connectivity index is 3.13. The summed E-state index contributed by atoms with van der Waals surface area (Å²) in [4.78, 5) is -0.157. The molecule has 18 heavy (non-hydrogen) atoms. The third kappa shape index (κ3) is 3.73. The van der Waals surface area contributed by atoms with Crippen molar-refractivity contribution in [3.8, 4) is 5.75 Å². The SMILES string of the molecule is COc1cc(Cl)c(S(=O)(=O)NC[C@@H](C)O)cc1Cl. The molecule has 5 nitrogen and oxygen atoms in total. The van der Waals surface area contributed by atoms with E-state index >= 15 is 0 Å². The second-order valence-electron chi connectivity index (χ2n) is 3.62. The van der Waals surface area contributed by atoms with Crippen molar-refractivity contribution in [3.63, 3.8) is 0 Å². The number of aliphatic hydroxyl groups excluding tert-OH is 1. The van der Waals surface area contributed by atoms with Crippen molar-refractivity contribution in [1.82, 2.24) is 4.72 Å². The van der Waals surface area contributed by atoms with E-state index in [1.54, 1.807) is 0 Å². The molecule has 0 heterocycles. The van der Waals surface area contributed by atoms with Crippen LogP contribution in [0.2, 0.25) is 10.0 Å². The van der Waals surface area contributed by atoms with E-state index in [4.69, 9.17) is 33.0 Å². The van der Waals surface area contributed by atoms with Crippen molar-refractivity contribution in [1.29, 1.82) is 0 Å². The summed E-state index contributed by atoms with van der Waals surface area (Å²) < 4.78 is 30.9. The van der Waals surface area contributed by atoms with E-state index in [0.717, 1.165) is 0 Å². The number of halogens is 2. The Bertz CT molecular complexity index is 531. The molecule has 1 atom stereocenters. The fraction of sp³-hybridized carbons (Fsp3) is 0.400. The quantitative estimate of drug-likeness (QED) is 0.867. The van der Waals surface area contributed by atoms with E-state index in [2.05, 4.69) is 4.72 Å². The summed E-state index contributed by atoms with van der Waals surface area (Å²) in [5.41, 5.74) is 0. The maximum absolute atomic E-state index is 11.9. The summed E-state index contributed by atoms with van der Waals surface area (Å²) in [5, 5.41) is 9.20. The Morgan fingerprint density at radius 3 is 2.50 bits per heavy atom. The fourth-order valence-electron chi connectivity index (χ4n) is 1.18. The lowest BCUT2D eigenvalue weighted by Crippen LogP contribution is -2.30. The number of hydrogen-bond acceptors (Lipinski definition) is 4. The molecule has 0 aliphatic heterocycles. The molecule has 1 aromatic rings. The van der Waals surface area contributed by atoms with Gasteiger partial charge in [-0.15, -0.1) is 0 Å². The van der Waals surface area contributed by atoms with Crippen LogP contribution in [-0.4, -0.2) is 33.3 Å². The summed E-state index contributed by atoms with van der Waals surface area (Å²) in [7, 11) is -2.42. The van der Waals surface area contributed by atoms with Gasteiger partial charge in [0.05, 0.1) is 23.3 Å². The molecule has 0 aromatic heterocycles. The first-order valence-electron chi connectivity index (χ1n) is 4.98. The Morgan fingerprint density at radius 1 is 1.39 bits per heavy atom. The Hall–Kier alpha value is -0.530. The molecule has 0 spiro atoms. The highest BCUT2D eigenvalue weighted by Crippen LogP contribution is 2.33. The second-order valence-corrected chi connectivity index (χ2v) is 6.17. The van der Waals surface area contributed by atoms with Crippen LogP contribution in [0.1, 0.15) is 6.92 Å². The number of rotatable bonds is 5. The van der Waals surface area contributed by atoms with Gasteiger partial charge in [-0.1, -0.05) is 23.2 Å². The van der Waals surface area contributed by atoms with Crippen LogP contribution in [0, 0.1) is 0 Å². The molecular weight excluding hydrogens is 301 g/mol. The Kier molecular flexibility index (Phi) is 5.24. The summed E-state index contributed by atoms with van der Waals surface area (Å²) in [6, 6.07) is 2.52. The number of hydrogen-bond donors (Lipinski definition) is 2. The predicted octanol–water partition coefficient (Wildman–Crippen LogP) is 1.66. The molecule has 0 saturated carbocycles. The van der Waals surface area contributed by atoms with Gasteiger partial charge in [-0.2, -0.15) is 0 Å². The first kappa shape index (κ1) is 15.5. The Morgan fingerprint density at radius 2 is 2.00 bits per heavy atom. The highest BCUT2D eigenvalue weighted by molar-refractivity contribution is 7.89. The first-order chi connectivity index (χ1) is 8.27. The number of nitrogens with one attached hydrogen (secondary N) is 1. The largest absolute Gasteiger partial charge is 0.495 e. The van der Waals surface area contributed by atoms with E-state index in [1.807, 2.05) is 0 Å². The van der Waals surface area contributed by atoms with Crippen molar-refractivity contribution in [2.75, 3.05) is 13.7 Å². The minimum atomic E-state index is -3.82. The molecule has 0 aliphatic carbocycles. The van der Waals surface area contributed by atoms with Crippen LogP contribution in [0.4, 0.5) is 0 Å². The smallest absolute Gasteiger partial charge is 0.242 e. The number of methoxy groups -OCH3 is 1. The molecule has 1 aromatic carbocycles. The Labute approximate surface area is 116 Å². The maximum Gasteiger partial charge on any atom is 0.242 e. The van der Waals surface area contributed by atoms with Crippen LogP contribution in [0.15, 0.2) is 17.0 Å². The number of ether oxygens (including phenoxy) is 1. The number of sulfonamides is 1. The standard InChI is InChI=1S/C10H13Cl2NO4S/c1-6(14)5-13-18(15,16)10-4-7(11)9(17-2)3-8(10)12/h3-4,6,13-14H,5H2,1-2H3/t6-/m1/s1. The predicted molar refractivity (Wildman–Crippen MR) is 69.9 cm³/mol. The van der Waals surface area contributed by atoms with Gasteiger partial charge in [0.2, 0.25) is 10.0 Å². The van der Waals surface area contributed by atoms with Gasteiger partial charge in [0.1, 0.15) is 10.6 Å². The first-order valence-corrected chi connectivity index (χ1v) is 7.22. The number of benzene rings is 1. The molecule has 0 bridgehead atoms. The zero-order valence-corrected chi connectivity index (χ0v) is 12.1. The number of aliphatic hydroxyl groups is 1. The van der Waals surface area contributed by atoms with Gasteiger partial charge in [0, 0.05) is 12.6 Å². The minimum absolute atomic E-state index is 0.00524. The van der Waals surface area contributed by atoms with Crippen LogP contribution < -0.4 is 9.46 Å². The summed E-state index contributed by atoms with van der Waals surface area (Å²) >= 11 is 11.7. The lowest BCUT2D eigenvalue weighted by Gasteiger charge is -2.11. The highest BCUT2D eigenvalue weighted by Gasteiger charge is 2.20. The van der Waals surface area contributed by atoms with E-state index in [1.165, 1.54) is 26.2 Å². The third-order valence-corrected chi connectivity index (χ3v) is 4.25. The lowest BCUT2D eigenvalue weighted by atomic mass is 10.3. The molecule has 102 valence electrons. The molecule has 0 unspecified atom stereocenters. The van der Waals surface area contributed by atoms with Crippen molar-refractivity contribution < 1.29 is 18.3 Å². The maximum atomic E-state index is 11.9. The monoisotopic (exact) mass is 313 g/mol. The van der Waals surface area contributed by atoms with E-state index in [0.29, 0.717) is 0 Å². The molecule has 0 amide bonds. The van der Waals surface area contributed by atoms with Crippen LogP contribution in [0.25, 0.3) is 0 Å². The molecule has 8 heteroatoms. The zero-order chi connectivity index (χ0) is 13.9. The fourth-order valence-corrected chi connectivity index (χ4v) is 3.15. The van der Waals surface area contributed by atoms with Crippen molar-refractivity contribution in [3.05, 3.63) is 22.2 Å². The van der Waals surface area contributed by atoms with Crippen molar-refractivity contribution in [2.24, 2.45) is 0 Å². The van der Waals surface area contributed by atoms with Crippen molar-refractivity contribution >= 4 is 33.2 Å². The molecule has 0 aliphatic rings. The zero-order valence-electron chi connectivity index (χ0n) is 9.78. The molecule has 2 N–H and O–H groups in total. The normalized spacial score (nSPS) is 13.4. The van der Waals surface area contributed by atoms with Crippen LogP contribution in [-0.2, 0) is 10.0 Å². The third-order valence-electron chi connectivity index (χ3n) is 2.06. The summed E-state index contributed by atoms with van der Waals surface area (Å²) in [5.74, 6) is 0.288. The van der Waals surface area contributed by atoms with Gasteiger partial charge in [-0.3, -0.25) is 0 Å². The van der Waals surface area contributed by atoms with E-state index < -0.39 is 16.1 Å². The molecular formula is C10H13Cl2NO4S. The highest BCUT2D eigenvalue weighted by atomic mass is 35.5. The molecule has 0 radical (unpaired) electrons. The van der Waals surface area contributed by atoms with E-state index in [9.17, 15) is 8.42 Å². The van der Waals surface area contributed by atoms with Gasteiger partial charge in [0.25, 0.3) is 0 Å². The van der Waals surface area contributed by atoms with Gasteiger partial charge in [0.15, 0.2) is 0 Å². The van der Waals surface area contributed by atoms with Crippen LogP contribution >= 0.6 is 23.2 Å². The van der Waals surface area contributed by atoms with Gasteiger partial charge in [-0.25, -0.2) is 13.1 Å².